The van der Waals surface area contributed by atoms with Gasteiger partial charge < -0.3 is 10.2 Å². The number of carbonyl (C=O) groups excluding carboxylic acids is 1. The van der Waals surface area contributed by atoms with E-state index in [9.17, 15) is 4.79 Å². The monoisotopic (exact) mass is 281 g/mol. The van der Waals surface area contributed by atoms with Crippen LogP contribution in [0, 0.1) is 0 Å². The molecule has 1 aromatic rings. The van der Waals surface area contributed by atoms with E-state index in [1.54, 1.807) is 6.20 Å². The summed E-state index contributed by atoms with van der Waals surface area (Å²) < 4.78 is 0. The van der Waals surface area contributed by atoms with Crippen LogP contribution in [0.4, 0.5) is 5.82 Å². The lowest BCUT2D eigenvalue weighted by atomic mass is 10.1. The fourth-order valence-electron chi connectivity index (χ4n) is 2.39. The first-order chi connectivity index (χ1) is 9.19. The van der Waals surface area contributed by atoms with Crippen molar-refractivity contribution in [3.05, 3.63) is 23.4 Å². The second kappa shape index (κ2) is 6.75. The van der Waals surface area contributed by atoms with Crippen molar-refractivity contribution in [2.75, 3.05) is 18.0 Å². The lowest BCUT2D eigenvalue weighted by molar-refractivity contribution is -0.121. The van der Waals surface area contributed by atoms with Gasteiger partial charge in [-0.15, -0.1) is 0 Å². The van der Waals surface area contributed by atoms with Crippen molar-refractivity contribution in [3.8, 4) is 0 Å². The highest BCUT2D eigenvalue weighted by Gasteiger charge is 2.21. The van der Waals surface area contributed by atoms with Gasteiger partial charge in [-0.1, -0.05) is 18.5 Å². The van der Waals surface area contributed by atoms with Crippen molar-refractivity contribution in [1.29, 1.82) is 0 Å². The van der Waals surface area contributed by atoms with Crippen LogP contribution < -0.4 is 10.2 Å². The molecule has 4 nitrogen and oxygen atoms in total. The first-order valence-electron chi connectivity index (χ1n) is 6.85. The molecule has 0 aromatic carbocycles. The maximum absolute atomic E-state index is 11.6. The van der Waals surface area contributed by atoms with Crippen LogP contribution in [-0.4, -0.2) is 30.0 Å². The van der Waals surface area contributed by atoms with E-state index in [-0.39, 0.29) is 11.9 Å². The minimum atomic E-state index is 0.151. The summed E-state index contributed by atoms with van der Waals surface area (Å²) in [7, 11) is 0. The van der Waals surface area contributed by atoms with Crippen molar-refractivity contribution >= 4 is 23.3 Å². The Bertz CT molecular complexity index is 421. The fourth-order valence-corrected chi connectivity index (χ4v) is 2.50. The molecule has 2 heterocycles. The number of carbonyl (C=O) groups is 1. The van der Waals surface area contributed by atoms with E-state index >= 15 is 0 Å². The molecular formula is C14H20ClN3O. The van der Waals surface area contributed by atoms with Gasteiger partial charge in [-0.2, -0.15) is 0 Å². The number of aromatic nitrogens is 1. The summed E-state index contributed by atoms with van der Waals surface area (Å²) in [4.78, 5) is 18.2. The third-order valence-corrected chi connectivity index (χ3v) is 3.52. The maximum Gasteiger partial charge on any atom is 0.220 e. The van der Waals surface area contributed by atoms with Gasteiger partial charge >= 0.3 is 0 Å². The Balaban J connectivity index is 1.93. The van der Waals surface area contributed by atoms with Crippen LogP contribution in [0.25, 0.3) is 0 Å². The highest BCUT2D eigenvalue weighted by molar-refractivity contribution is 6.30. The lowest BCUT2D eigenvalue weighted by Gasteiger charge is -2.34. The van der Waals surface area contributed by atoms with E-state index in [1.165, 1.54) is 0 Å². The van der Waals surface area contributed by atoms with Crippen molar-refractivity contribution in [3.63, 3.8) is 0 Å². The summed E-state index contributed by atoms with van der Waals surface area (Å²) in [6, 6.07) is 4.01. The standard InChI is InChI=1S/C14H20ClN3O/c1-2-4-14(19)17-12-5-3-8-18(10-12)13-7-6-11(15)9-16-13/h6-7,9,12H,2-5,8,10H2,1H3,(H,17,19). The number of hydrogen-bond donors (Lipinski definition) is 1. The van der Waals surface area contributed by atoms with Gasteiger partial charge in [0.15, 0.2) is 0 Å². The van der Waals surface area contributed by atoms with Crippen LogP contribution in [0.3, 0.4) is 0 Å². The predicted molar refractivity (Wildman–Crippen MR) is 77.5 cm³/mol. The number of pyridine rings is 1. The summed E-state index contributed by atoms with van der Waals surface area (Å²) in [6.07, 6.45) is 5.27. The van der Waals surface area contributed by atoms with Gasteiger partial charge in [0, 0.05) is 31.7 Å². The molecule has 1 aliphatic rings. The van der Waals surface area contributed by atoms with Gasteiger partial charge in [-0.3, -0.25) is 4.79 Å². The van der Waals surface area contributed by atoms with Crippen LogP contribution in [0.5, 0.6) is 0 Å². The molecule has 0 saturated carbocycles. The van der Waals surface area contributed by atoms with Crippen molar-refractivity contribution in [2.45, 2.75) is 38.6 Å². The number of nitrogens with one attached hydrogen (secondary N) is 1. The van der Waals surface area contributed by atoms with Gasteiger partial charge in [0.25, 0.3) is 0 Å². The molecule has 0 radical (unpaired) electrons. The van der Waals surface area contributed by atoms with Crippen LogP contribution >= 0.6 is 11.6 Å². The zero-order chi connectivity index (χ0) is 13.7. The summed E-state index contributed by atoms with van der Waals surface area (Å²) in [6.45, 7) is 3.82. The topological polar surface area (TPSA) is 45.2 Å². The van der Waals surface area contributed by atoms with Crippen LogP contribution in [-0.2, 0) is 4.79 Å². The minimum absolute atomic E-state index is 0.151. The molecule has 0 spiro atoms. The number of hydrogen-bond acceptors (Lipinski definition) is 3. The van der Waals surface area contributed by atoms with Gasteiger partial charge in [0.1, 0.15) is 5.82 Å². The molecule has 2 rings (SSSR count). The Morgan fingerprint density at radius 1 is 1.58 bits per heavy atom. The van der Waals surface area contributed by atoms with Gasteiger partial charge in [0.05, 0.1) is 5.02 Å². The van der Waals surface area contributed by atoms with Gasteiger partial charge in [-0.05, 0) is 31.4 Å². The maximum atomic E-state index is 11.6. The average molecular weight is 282 g/mol. The first-order valence-corrected chi connectivity index (χ1v) is 7.22. The Hall–Kier alpha value is -1.29. The third-order valence-electron chi connectivity index (χ3n) is 3.30. The number of rotatable bonds is 4. The molecule has 1 fully saturated rings. The van der Waals surface area contributed by atoms with E-state index in [2.05, 4.69) is 15.2 Å². The summed E-state index contributed by atoms with van der Waals surface area (Å²) >= 11 is 5.84. The van der Waals surface area contributed by atoms with Crippen molar-refractivity contribution in [1.82, 2.24) is 10.3 Å². The zero-order valence-corrected chi connectivity index (χ0v) is 12.0. The van der Waals surface area contributed by atoms with E-state index in [0.29, 0.717) is 11.4 Å². The number of piperidine rings is 1. The quantitative estimate of drug-likeness (QED) is 0.923. The molecule has 19 heavy (non-hydrogen) atoms. The van der Waals surface area contributed by atoms with E-state index in [1.807, 2.05) is 19.1 Å². The molecule has 1 aliphatic heterocycles. The smallest absolute Gasteiger partial charge is 0.220 e. The molecule has 5 heteroatoms. The van der Waals surface area contributed by atoms with E-state index in [0.717, 1.165) is 38.2 Å². The van der Waals surface area contributed by atoms with Crippen molar-refractivity contribution < 1.29 is 4.79 Å². The van der Waals surface area contributed by atoms with Gasteiger partial charge in [0.2, 0.25) is 5.91 Å². The Morgan fingerprint density at radius 3 is 3.11 bits per heavy atom. The number of anilines is 1. The number of amides is 1. The SMILES string of the molecule is CCCC(=O)NC1CCCN(c2ccc(Cl)cn2)C1. The molecule has 1 aromatic heterocycles. The fraction of sp³-hybridized carbons (Fsp3) is 0.571. The Labute approximate surface area is 119 Å². The highest BCUT2D eigenvalue weighted by Crippen LogP contribution is 2.19. The minimum Gasteiger partial charge on any atom is -0.355 e. The average Bonchev–Trinajstić information content (AvgIpc) is 2.40. The zero-order valence-electron chi connectivity index (χ0n) is 11.2. The first kappa shape index (κ1) is 14.1. The van der Waals surface area contributed by atoms with Crippen LogP contribution in [0.1, 0.15) is 32.6 Å². The van der Waals surface area contributed by atoms with Crippen LogP contribution in [0.15, 0.2) is 18.3 Å². The number of halogens is 1. The molecule has 0 aliphatic carbocycles. The van der Waals surface area contributed by atoms with Crippen LogP contribution in [0.2, 0.25) is 5.02 Å². The van der Waals surface area contributed by atoms with Crippen molar-refractivity contribution in [2.24, 2.45) is 0 Å². The third kappa shape index (κ3) is 4.10. The van der Waals surface area contributed by atoms with E-state index in [4.69, 9.17) is 11.6 Å². The summed E-state index contributed by atoms with van der Waals surface area (Å²) in [5, 5.41) is 3.74. The molecule has 0 bridgehead atoms. The molecule has 1 N–H and O–H groups in total. The lowest BCUT2D eigenvalue weighted by Crippen LogP contribution is -2.48. The largest absolute Gasteiger partial charge is 0.355 e. The summed E-state index contributed by atoms with van der Waals surface area (Å²) in [5.41, 5.74) is 0. The Kier molecular flexibility index (Phi) is 5.02. The second-order valence-corrected chi connectivity index (χ2v) is 5.37. The second-order valence-electron chi connectivity index (χ2n) is 4.94. The van der Waals surface area contributed by atoms with E-state index < -0.39 is 0 Å². The molecule has 1 atom stereocenters. The van der Waals surface area contributed by atoms with Gasteiger partial charge in [-0.25, -0.2) is 4.98 Å². The summed E-state index contributed by atoms with van der Waals surface area (Å²) in [5.74, 6) is 1.08. The molecule has 1 saturated heterocycles. The predicted octanol–water partition coefficient (Wildman–Crippen LogP) is 2.62. The number of nitrogens with zero attached hydrogens (tertiary/aromatic N) is 2. The highest BCUT2D eigenvalue weighted by atomic mass is 35.5. The molecule has 1 unspecified atom stereocenters. The molecule has 1 amide bonds. The Morgan fingerprint density at radius 2 is 2.42 bits per heavy atom. The molecule has 104 valence electrons. The molecular weight excluding hydrogens is 262 g/mol. The normalized spacial score (nSPS) is 19.3.